The van der Waals surface area contributed by atoms with Gasteiger partial charge < -0.3 is 19.3 Å². The molecule has 0 aliphatic carbocycles. The smallest absolute Gasteiger partial charge is 0.273 e. The van der Waals surface area contributed by atoms with Gasteiger partial charge in [0.15, 0.2) is 0 Å². The fourth-order valence-electron chi connectivity index (χ4n) is 4.19. The SMILES string of the molecule is O=C(c1ccncn1)N1C[C@@H](OCCN2CCCC2)[C@@H]2OCCC[C@@H]21. The fourth-order valence-corrected chi connectivity index (χ4v) is 4.19. The molecule has 3 atom stereocenters. The second kappa shape index (κ2) is 7.76. The van der Waals surface area contributed by atoms with Crippen molar-refractivity contribution in [1.29, 1.82) is 0 Å². The van der Waals surface area contributed by atoms with Crippen molar-refractivity contribution in [3.05, 3.63) is 24.3 Å². The van der Waals surface area contributed by atoms with E-state index in [1.165, 1.54) is 32.3 Å². The summed E-state index contributed by atoms with van der Waals surface area (Å²) in [4.78, 5) is 25.2. The number of amides is 1. The average Bonchev–Trinajstić information content (AvgIpc) is 3.30. The van der Waals surface area contributed by atoms with Crippen molar-refractivity contribution in [2.45, 2.75) is 43.9 Å². The Labute approximate surface area is 148 Å². The Bertz CT molecular complexity index is 579. The summed E-state index contributed by atoms with van der Waals surface area (Å²) in [6.07, 6.45) is 7.49. The lowest BCUT2D eigenvalue weighted by atomic mass is 10.0. The van der Waals surface area contributed by atoms with Crippen LogP contribution < -0.4 is 0 Å². The molecular weight excluding hydrogens is 320 g/mol. The number of aromatic nitrogens is 2. The van der Waals surface area contributed by atoms with Gasteiger partial charge in [-0.05, 0) is 44.8 Å². The number of carbonyl (C=O) groups is 1. The molecule has 0 bridgehead atoms. The topological polar surface area (TPSA) is 67.8 Å². The molecule has 4 heterocycles. The van der Waals surface area contributed by atoms with Crippen molar-refractivity contribution in [2.24, 2.45) is 0 Å². The molecule has 0 saturated carbocycles. The minimum atomic E-state index is -0.0476. The Morgan fingerprint density at radius 1 is 1.32 bits per heavy atom. The van der Waals surface area contributed by atoms with Crippen molar-refractivity contribution in [1.82, 2.24) is 19.8 Å². The van der Waals surface area contributed by atoms with Gasteiger partial charge in [0.05, 0.1) is 19.2 Å². The first-order valence-corrected chi connectivity index (χ1v) is 9.35. The van der Waals surface area contributed by atoms with Crippen molar-refractivity contribution < 1.29 is 14.3 Å². The quantitative estimate of drug-likeness (QED) is 0.791. The third kappa shape index (κ3) is 3.68. The Morgan fingerprint density at radius 3 is 3.00 bits per heavy atom. The van der Waals surface area contributed by atoms with Crippen molar-refractivity contribution in [3.63, 3.8) is 0 Å². The van der Waals surface area contributed by atoms with Gasteiger partial charge in [-0.25, -0.2) is 9.97 Å². The molecule has 1 amide bonds. The molecule has 3 saturated heterocycles. The van der Waals surface area contributed by atoms with E-state index < -0.39 is 0 Å². The van der Waals surface area contributed by atoms with Crippen LogP contribution in [0.15, 0.2) is 18.6 Å². The minimum absolute atomic E-state index is 0.0156. The predicted octanol–water partition coefficient (Wildman–Crippen LogP) is 0.961. The monoisotopic (exact) mass is 346 g/mol. The number of ether oxygens (including phenoxy) is 2. The predicted molar refractivity (Wildman–Crippen MR) is 91.2 cm³/mol. The maximum Gasteiger partial charge on any atom is 0.273 e. The highest BCUT2D eigenvalue weighted by molar-refractivity contribution is 5.92. The normalized spacial score (nSPS) is 29.8. The van der Waals surface area contributed by atoms with Gasteiger partial charge >= 0.3 is 0 Å². The van der Waals surface area contributed by atoms with Crippen molar-refractivity contribution in [3.8, 4) is 0 Å². The number of carbonyl (C=O) groups excluding carboxylic acids is 1. The van der Waals surface area contributed by atoms with E-state index in [0.717, 1.165) is 26.0 Å². The molecule has 1 aromatic rings. The molecule has 3 fully saturated rings. The molecule has 3 aliphatic rings. The van der Waals surface area contributed by atoms with Crippen LogP contribution in [0.3, 0.4) is 0 Å². The minimum Gasteiger partial charge on any atom is -0.373 e. The molecular formula is C18H26N4O3. The summed E-state index contributed by atoms with van der Waals surface area (Å²) >= 11 is 0. The summed E-state index contributed by atoms with van der Waals surface area (Å²) in [5.74, 6) is -0.0476. The molecule has 3 aliphatic heterocycles. The Morgan fingerprint density at radius 2 is 2.20 bits per heavy atom. The van der Waals surface area contributed by atoms with Gasteiger partial charge in [0.25, 0.3) is 5.91 Å². The molecule has 7 heteroatoms. The zero-order chi connectivity index (χ0) is 17.1. The van der Waals surface area contributed by atoms with Gasteiger partial charge in [-0.1, -0.05) is 0 Å². The lowest BCUT2D eigenvalue weighted by Crippen LogP contribution is -2.44. The maximum absolute atomic E-state index is 12.8. The third-order valence-electron chi connectivity index (χ3n) is 5.48. The zero-order valence-corrected chi connectivity index (χ0v) is 14.5. The summed E-state index contributed by atoms with van der Waals surface area (Å²) < 4.78 is 12.1. The highest BCUT2D eigenvalue weighted by Crippen LogP contribution is 2.31. The van der Waals surface area contributed by atoms with Crippen LogP contribution in [-0.4, -0.2) is 83.3 Å². The largest absolute Gasteiger partial charge is 0.373 e. The van der Waals surface area contributed by atoms with E-state index in [1.54, 1.807) is 12.3 Å². The van der Waals surface area contributed by atoms with E-state index in [4.69, 9.17) is 9.47 Å². The van der Waals surface area contributed by atoms with Crippen LogP contribution >= 0.6 is 0 Å². The summed E-state index contributed by atoms with van der Waals surface area (Å²) in [7, 11) is 0. The fraction of sp³-hybridized carbons (Fsp3) is 0.722. The lowest BCUT2D eigenvalue weighted by Gasteiger charge is -2.32. The van der Waals surface area contributed by atoms with E-state index in [-0.39, 0.29) is 24.2 Å². The summed E-state index contributed by atoms with van der Waals surface area (Å²) in [5.41, 5.74) is 0.442. The highest BCUT2D eigenvalue weighted by Gasteiger charge is 2.47. The van der Waals surface area contributed by atoms with E-state index in [1.807, 2.05) is 4.90 Å². The number of hydrogen-bond donors (Lipinski definition) is 0. The third-order valence-corrected chi connectivity index (χ3v) is 5.48. The number of nitrogens with zero attached hydrogens (tertiary/aromatic N) is 4. The van der Waals surface area contributed by atoms with E-state index in [9.17, 15) is 4.79 Å². The second-order valence-electron chi connectivity index (χ2n) is 7.06. The Balaban J connectivity index is 1.39. The van der Waals surface area contributed by atoms with Crippen LogP contribution in [0.4, 0.5) is 0 Å². The van der Waals surface area contributed by atoms with Crippen LogP contribution in [0, 0.1) is 0 Å². The molecule has 136 valence electrons. The van der Waals surface area contributed by atoms with Crippen molar-refractivity contribution in [2.75, 3.05) is 39.4 Å². The number of rotatable bonds is 5. The number of fused-ring (bicyclic) bond motifs is 1. The molecule has 1 aromatic heterocycles. The summed E-state index contributed by atoms with van der Waals surface area (Å²) in [5, 5.41) is 0. The van der Waals surface area contributed by atoms with Crippen LogP contribution in [-0.2, 0) is 9.47 Å². The van der Waals surface area contributed by atoms with Gasteiger partial charge in [-0.3, -0.25) is 4.79 Å². The molecule has 0 unspecified atom stereocenters. The van der Waals surface area contributed by atoms with Crippen molar-refractivity contribution >= 4 is 5.91 Å². The molecule has 25 heavy (non-hydrogen) atoms. The van der Waals surface area contributed by atoms with Gasteiger partial charge in [-0.2, -0.15) is 0 Å². The van der Waals surface area contributed by atoms with Gasteiger partial charge in [-0.15, -0.1) is 0 Å². The Kier molecular flexibility index (Phi) is 5.24. The highest BCUT2D eigenvalue weighted by atomic mass is 16.5. The summed E-state index contributed by atoms with van der Waals surface area (Å²) in [6, 6.07) is 1.76. The molecule has 0 aromatic carbocycles. The van der Waals surface area contributed by atoms with Crippen LogP contribution in [0.25, 0.3) is 0 Å². The first kappa shape index (κ1) is 16.9. The van der Waals surface area contributed by atoms with Gasteiger partial charge in [0.1, 0.15) is 24.2 Å². The number of likely N-dealkylation sites (tertiary alicyclic amines) is 2. The van der Waals surface area contributed by atoms with E-state index in [0.29, 0.717) is 18.8 Å². The van der Waals surface area contributed by atoms with Crippen LogP contribution in [0.1, 0.15) is 36.2 Å². The number of hydrogen-bond acceptors (Lipinski definition) is 6. The van der Waals surface area contributed by atoms with E-state index >= 15 is 0 Å². The Hall–Kier alpha value is -1.57. The van der Waals surface area contributed by atoms with E-state index in [2.05, 4.69) is 14.9 Å². The maximum atomic E-state index is 12.8. The van der Waals surface area contributed by atoms with Crippen LogP contribution in [0.2, 0.25) is 0 Å². The molecule has 0 N–H and O–H groups in total. The molecule has 0 radical (unpaired) electrons. The molecule has 4 rings (SSSR count). The standard InChI is InChI=1S/C18H26N4O3/c23-18(14-5-6-19-13-20-14)22-12-16(17-15(22)4-3-10-25-17)24-11-9-21-7-1-2-8-21/h5-6,13,15-17H,1-4,7-12H2/t15-,16+,17+/m0/s1. The molecule has 0 spiro atoms. The second-order valence-corrected chi connectivity index (χ2v) is 7.06. The summed E-state index contributed by atoms with van der Waals surface area (Å²) in [6.45, 7) is 5.35. The molecule has 7 nitrogen and oxygen atoms in total. The first-order chi connectivity index (χ1) is 12.3. The average molecular weight is 346 g/mol. The van der Waals surface area contributed by atoms with Crippen LogP contribution in [0.5, 0.6) is 0 Å². The van der Waals surface area contributed by atoms with Gasteiger partial charge in [0, 0.05) is 19.3 Å². The van der Waals surface area contributed by atoms with Gasteiger partial charge in [0.2, 0.25) is 0 Å². The lowest BCUT2D eigenvalue weighted by molar-refractivity contribution is -0.0782. The zero-order valence-electron chi connectivity index (χ0n) is 14.5. The first-order valence-electron chi connectivity index (χ1n) is 9.35.